The van der Waals surface area contributed by atoms with Crippen LogP contribution in [-0.2, 0) is 6.18 Å². The van der Waals surface area contributed by atoms with Crippen LogP contribution < -0.4 is 25.8 Å². The molecule has 0 bridgehead atoms. The van der Waals surface area contributed by atoms with Crippen molar-refractivity contribution in [3.63, 3.8) is 0 Å². The number of aromatic nitrogens is 2. The number of H-pyrrole nitrogens is 1. The molecule has 0 radical (unpaired) electrons. The zero-order valence-electron chi connectivity index (χ0n) is 19.3. The molecular formula is C25H25F3N4O2. The van der Waals surface area contributed by atoms with Crippen LogP contribution in [0.15, 0.2) is 47.3 Å². The fourth-order valence-electron chi connectivity index (χ4n) is 3.75. The van der Waals surface area contributed by atoms with Crippen molar-refractivity contribution in [2.24, 2.45) is 0 Å². The highest BCUT2D eigenvalue weighted by Crippen LogP contribution is 2.41. The number of alkyl halides is 3. The number of rotatable bonds is 5. The van der Waals surface area contributed by atoms with Crippen molar-refractivity contribution in [3.05, 3.63) is 74.5 Å². The maximum absolute atomic E-state index is 14.0. The third kappa shape index (κ3) is 4.78. The van der Waals surface area contributed by atoms with Crippen LogP contribution in [0.2, 0.25) is 0 Å². The summed E-state index contributed by atoms with van der Waals surface area (Å²) < 4.78 is 47.5. The molecule has 0 saturated carbocycles. The molecule has 178 valence electrons. The van der Waals surface area contributed by atoms with Gasteiger partial charge in [-0.05, 0) is 41.8 Å². The summed E-state index contributed by atoms with van der Waals surface area (Å²) in [5.41, 5.74) is 0.431. The number of halogens is 3. The molecule has 9 heteroatoms. The number of hydrogen-bond donors (Lipinski definition) is 1. The van der Waals surface area contributed by atoms with Crippen molar-refractivity contribution in [2.45, 2.75) is 25.9 Å². The van der Waals surface area contributed by atoms with E-state index < -0.39 is 17.3 Å². The average molecular weight is 470 g/mol. The fraction of sp³-hybridized carbons (Fsp3) is 0.280. The lowest BCUT2D eigenvalue weighted by atomic mass is 10.0. The molecule has 0 spiro atoms. The lowest BCUT2D eigenvalue weighted by Gasteiger charge is -2.24. The number of nitrogens with zero attached hydrogens (tertiary/aromatic N) is 3. The van der Waals surface area contributed by atoms with Crippen LogP contribution in [0, 0.1) is 0 Å². The standard InChI is InChI=1S/C25H25F3N4O2/c1-15(2)16-5-7-17(8-6-16)32(4)22-10-9-18(13-20(22)25(26,27)28)34-24-29-21-14-31(3)12-11-19(21)23(33)30-24/h5-11,13-15H,12H2,1-4H3,(H,29,30,33). The van der Waals surface area contributed by atoms with E-state index in [1.165, 1.54) is 17.0 Å². The van der Waals surface area contributed by atoms with Crippen molar-refractivity contribution in [3.8, 4) is 11.8 Å². The molecule has 0 amide bonds. The van der Waals surface area contributed by atoms with Crippen molar-refractivity contribution >= 4 is 23.7 Å². The minimum absolute atomic E-state index is 0.0198. The SMILES string of the molecule is CC(C)c1ccc(N(C)c2ccc(Oc3nc4c(c(=O)[nH]3)=CCN(C)C=4)cc2C(F)(F)F)cc1. The minimum atomic E-state index is -4.62. The largest absolute Gasteiger partial charge is 0.426 e. The molecule has 0 aliphatic carbocycles. The number of benzene rings is 2. The topological polar surface area (TPSA) is 61.5 Å². The summed E-state index contributed by atoms with van der Waals surface area (Å²) in [5, 5.41) is 0.798. The van der Waals surface area contributed by atoms with Crippen LogP contribution in [0.3, 0.4) is 0 Å². The molecule has 1 aliphatic heterocycles. The molecule has 2 aromatic carbocycles. The van der Waals surface area contributed by atoms with Gasteiger partial charge in [-0.3, -0.25) is 9.78 Å². The number of hydrogen-bond acceptors (Lipinski definition) is 5. The van der Waals surface area contributed by atoms with Crippen molar-refractivity contribution in [1.82, 2.24) is 14.9 Å². The minimum Gasteiger partial charge on any atom is -0.426 e. The molecule has 34 heavy (non-hydrogen) atoms. The molecule has 0 fully saturated rings. The molecule has 1 N–H and O–H groups in total. The molecule has 0 unspecified atom stereocenters. The number of anilines is 2. The summed E-state index contributed by atoms with van der Waals surface area (Å²) in [6, 6.07) is 10.9. The summed E-state index contributed by atoms with van der Waals surface area (Å²) in [5.74, 6) is 0.233. The van der Waals surface area contributed by atoms with Gasteiger partial charge < -0.3 is 14.5 Å². The third-order valence-corrected chi connectivity index (χ3v) is 5.69. The first kappa shape index (κ1) is 23.4. The summed E-state index contributed by atoms with van der Waals surface area (Å²) in [6.45, 7) is 4.67. The first-order valence-electron chi connectivity index (χ1n) is 10.8. The third-order valence-electron chi connectivity index (χ3n) is 5.69. The zero-order chi connectivity index (χ0) is 24.6. The molecule has 6 nitrogen and oxygen atoms in total. The van der Waals surface area contributed by atoms with Gasteiger partial charge >= 0.3 is 12.2 Å². The lowest BCUT2D eigenvalue weighted by Crippen LogP contribution is -2.47. The Balaban J connectivity index is 1.69. The Morgan fingerprint density at radius 1 is 1.15 bits per heavy atom. The smallest absolute Gasteiger partial charge is 0.418 e. The van der Waals surface area contributed by atoms with E-state index in [1.807, 2.05) is 24.1 Å². The quantitative estimate of drug-likeness (QED) is 0.612. The predicted octanol–water partition coefficient (Wildman–Crippen LogP) is 3.94. The highest BCUT2D eigenvalue weighted by Gasteiger charge is 2.35. The van der Waals surface area contributed by atoms with E-state index in [9.17, 15) is 18.0 Å². The maximum Gasteiger partial charge on any atom is 0.418 e. The normalized spacial score (nSPS) is 13.2. The maximum atomic E-state index is 14.0. The Morgan fingerprint density at radius 3 is 2.50 bits per heavy atom. The highest BCUT2D eigenvalue weighted by atomic mass is 19.4. The van der Waals surface area contributed by atoms with Crippen LogP contribution in [0.4, 0.5) is 24.5 Å². The monoisotopic (exact) mass is 470 g/mol. The lowest BCUT2D eigenvalue weighted by molar-refractivity contribution is -0.137. The van der Waals surface area contributed by atoms with Gasteiger partial charge in [-0.1, -0.05) is 32.1 Å². The van der Waals surface area contributed by atoms with Crippen LogP contribution in [0.25, 0.3) is 12.3 Å². The second kappa shape index (κ2) is 8.89. The molecule has 1 aliphatic rings. The van der Waals surface area contributed by atoms with Gasteiger partial charge in [0.15, 0.2) is 0 Å². The van der Waals surface area contributed by atoms with E-state index in [2.05, 4.69) is 23.8 Å². The van der Waals surface area contributed by atoms with Crippen LogP contribution in [-0.4, -0.2) is 35.5 Å². The van der Waals surface area contributed by atoms with Gasteiger partial charge in [-0.15, -0.1) is 0 Å². The van der Waals surface area contributed by atoms with Crippen molar-refractivity contribution < 1.29 is 17.9 Å². The fourth-order valence-corrected chi connectivity index (χ4v) is 3.75. The molecule has 2 heterocycles. The van der Waals surface area contributed by atoms with Crippen LogP contribution in [0.1, 0.15) is 30.9 Å². The Kier molecular flexibility index (Phi) is 6.12. The van der Waals surface area contributed by atoms with Gasteiger partial charge in [0.25, 0.3) is 5.56 Å². The Labute approximate surface area is 194 Å². The van der Waals surface area contributed by atoms with Gasteiger partial charge in [0, 0.05) is 32.5 Å². The van der Waals surface area contributed by atoms with Gasteiger partial charge in [-0.25, -0.2) is 0 Å². The molecular weight excluding hydrogens is 445 g/mol. The Morgan fingerprint density at radius 2 is 1.85 bits per heavy atom. The summed E-state index contributed by atoms with van der Waals surface area (Å²) in [6.07, 6.45) is -1.21. The van der Waals surface area contributed by atoms with Crippen LogP contribution >= 0.6 is 0 Å². The van der Waals surface area contributed by atoms with E-state index >= 15 is 0 Å². The van der Waals surface area contributed by atoms with E-state index in [0.29, 0.717) is 28.7 Å². The first-order valence-corrected chi connectivity index (χ1v) is 10.8. The van der Waals surface area contributed by atoms with E-state index in [1.54, 1.807) is 31.5 Å². The predicted molar refractivity (Wildman–Crippen MR) is 126 cm³/mol. The van der Waals surface area contributed by atoms with E-state index in [0.717, 1.165) is 11.6 Å². The molecule has 3 aromatic rings. The van der Waals surface area contributed by atoms with Crippen molar-refractivity contribution in [2.75, 3.05) is 25.5 Å². The van der Waals surface area contributed by atoms with Crippen molar-refractivity contribution in [1.29, 1.82) is 0 Å². The van der Waals surface area contributed by atoms with Gasteiger partial charge in [0.1, 0.15) is 5.75 Å². The summed E-state index contributed by atoms with van der Waals surface area (Å²) >= 11 is 0. The van der Waals surface area contributed by atoms with E-state index in [4.69, 9.17) is 4.74 Å². The Hall–Kier alpha value is -3.75. The molecule has 1 aromatic heterocycles. The Bertz CT molecular complexity index is 1380. The second-order valence-corrected chi connectivity index (χ2v) is 8.53. The highest BCUT2D eigenvalue weighted by molar-refractivity contribution is 5.68. The number of nitrogens with one attached hydrogen (secondary N) is 1. The molecule has 0 atom stereocenters. The number of aromatic amines is 1. The second-order valence-electron chi connectivity index (χ2n) is 8.53. The number of fused-ring (bicyclic) bond motifs is 1. The number of ether oxygens (including phenoxy) is 1. The van der Waals surface area contributed by atoms with Crippen LogP contribution in [0.5, 0.6) is 11.8 Å². The molecule has 4 rings (SSSR count). The summed E-state index contributed by atoms with van der Waals surface area (Å²) in [4.78, 5) is 22.4. The van der Waals surface area contributed by atoms with E-state index in [-0.39, 0.29) is 17.4 Å². The van der Waals surface area contributed by atoms with Gasteiger partial charge in [-0.2, -0.15) is 18.2 Å². The van der Waals surface area contributed by atoms with Gasteiger partial charge in [0.05, 0.1) is 21.8 Å². The first-order chi connectivity index (χ1) is 16.0. The van der Waals surface area contributed by atoms with Gasteiger partial charge in [0.2, 0.25) is 0 Å². The molecule has 0 saturated heterocycles. The average Bonchev–Trinajstić information content (AvgIpc) is 2.77. The summed E-state index contributed by atoms with van der Waals surface area (Å²) in [7, 11) is 3.41. The zero-order valence-corrected chi connectivity index (χ0v) is 19.3.